The zero-order valence-electron chi connectivity index (χ0n) is 27.4. The number of aromatic nitrogens is 1. The molecule has 3 atom stereocenters. The van der Waals surface area contributed by atoms with Crippen molar-refractivity contribution in [1.29, 1.82) is 0 Å². The van der Waals surface area contributed by atoms with Gasteiger partial charge in [0.15, 0.2) is 0 Å². The van der Waals surface area contributed by atoms with E-state index in [1.54, 1.807) is 71.9 Å². The molecule has 0 aliphatic carbocycles. The number of para-hydroxylation sites is 2. The predicted octanol–water partition coefficient (Wildman–Crippen LogP) is 4.45. The van der Waals surface area contributed by atoms with Crippen LogP contribution in [0.25, 0.3) is 0 Å². The number of benzene rings is 3. The molecule has 0 radical (unpaired) electrons. The molecule has 11 nitrogen and oxygen atoms in total. The van der Waals surface area contributed by atoms with Crippen LogP contribution >= 0.6 is 0 Å². The molecule has 0 unspecified atom stereocenters. The fourth-order valence-corrected chi connectivity index (χ4v) is 5.68. The van der Waals surface area contributed by atoms with Crippen LogP contribution in [0.3, 0.4) is 0 Å². The fraction of sp³-hybridized carbons (Fsp3) is 0.297. The molecule has 0 bridgehead atoms. The molecule has 250 valence electrons. The third kappa shape index (κ3) is 8.55. The number of pyridine rings is 1. The van der Waals surface area contributed by atoms with Crippen molar-refractivity contribution in [2.24, 2.45) is 5.92 Å². The number of rotatable bonds is 10. The zero-order valence-corrected chi connectivity index (χ0v) is 27.4. The summed E-state index contributed by atoms with van der Waals surface area (Å²) >= 11 is 0. The van der Waals surface area contributed by atoms with Crippen molar-refractivity contribution in [1.82, 2.24) is 14.8 Å². The molecule has 5 rings (SSSR count). The Kier molecular flexibility index (Phi) is 11.0. The van der Waals surface area contributed by atoms with E-state index in [0.29, 0.717) is 59.1 Å². The number of carbonyl (C=O) groups excluding carboxylic acids is 3. The number of nitrogens with two attached hydrogens (primary N) is 1. The topological polar surface area (TPSA) is 150 Å². The molecule has 1 aromatic heterocycles. The average molecular weight is 651 g/mol. The van der Waals surface area contributed by atoms with E-state index in [1.807, 2.05) is 45.2 Å². The highest BCUT2D eigenvalue weighted by atomic mass is 16.5. The van der Waals surface area contributed by atoms with Crippen molar-refractivity contribution >= 4 is 34.8 Å². The molecule has 3 aromatic carbocycles. The monoisotopic (exact) mass is 650 g/mol. The Morgan fingerprint density at radius 3 is 2.42 bits per heavy atom. The molecule has 11 heteroatoms. The minimum Gasteiger partial charge on any atom is -0.488 e. The van der Waals surface area contributed by atoms with E-state index in [2.05, 4.69) is 20.5 Å². The summed E-state index contributed by atoms with van der Waals surface area (Å²) in [5.74, 6) is -0.150. The number of hydrogen-bond donors (Lipinski definition) is 4. The maximum Gasteiger partial charge on any atom is 0.255 e. The number of aliphatic hydroxyl groups excluding tert-OH is 1. The Balaban J connectivity index is 1.31. The standard InChI is InChI=1S/C37H42N6O5/c1-24-20-43(25(2)23-44)35(45)19-29-18-30(40-36(46)28-14-16-39-17-15-28)12-13-33(29)48-34(24)22-42(3)21-26-8-10-27(11-9-26)37(47)41-32-7-5-4-6-31(32)38/h4-18,24-25,34,44H,19-23,38H2,1-3H3,(H,40,46)(H,41,47)/t24-,25-,34-/m0/s1. The molecule has 0 saturated heterocycles. The van der Waals surface area contributed by atoms with Gasteiger partial charge in [0, 0.05) is 60.3 Å². The number of anilines is 3. The van der Waals surface area contributed by atoms with Gasteiger partial charge in [-0.25, -0.2) is 0 Å². The number of nitrogen functional groups attached to an aromatic ring is 1. The second-order valence-electron chi connectivity index (χ2n) is 12.3. The third-order valence-corrected chi connectivity index (χ3v) is 8.49. The van der Waals surface area contributed by atoms with Crippen LogP contribution in [0.15, 0.2) is 91.3 Å². The van der Waals surface area contributed by atoms with Crippen molar-refractivity contribution < 1.29 is 24.2 Å². The van der Waals surface area contributed by atoms with E-state index in [0.717, 1.165) is 5.56 Å². The number of nitrogens with zero attached hydrogens (tertiary/aromatic N) is 3. The zero-order chi connectivity index (χ0) is 34.2. The molecule has 0 saturated carbocycles. The molecule has 1 aliphatic rings. The Morgan fingerprint density at radius 2 is 1.71 bits per heavy atom. The van der Waals surface area contributed by atoms with Crippen LogP contribution in [0, 0.1) is 5.92 Å². The summed E-state index contributed by atoms with van der Waals surface area (Å²) in [7, 11) is 2.00. The summed E-state index contributed by atoms with van der Waals surface area (Å²) in [5.41, 5.74) is 10.2. The first-order valence-corrected chi connectivity index (χ1v) is 16.0. The summed E-state index contributed by atoms with van der Waals surface area (Å²) in [4.78, 5) is 47.0. The van der Waals surface area contributed by atoms with Gasteiger partial charge in [-0.15, -0.1) is 0 Å². The minimum absolute atomic E-state index is 0.0602. The Hall–Kier alpha value is -5.26. The summed E-state index contributed by atoms with van der Waals surface area (Å²) in [6.45, 7) is 5.27. The maximum absolute atomic E-state index is 13.6. The molecule has 48 heavy (non-hydrogen) atoms. The molecular weight excluding hydrogens is 608 g/mol. The number of ether oxygens (including phenoxy) is 1. The first kappa shape index (κ1) is 34.1. The lowest BCUT2D eigenvalue weighted by Crippen LogP contribution is -2.47. The summed E-state index contributed by atoms with van der Waals surface area (Å²) in [6.07, 6.45) is 2.87. The van der Waals surface area contributed by atoms with Gasteiger partial charge in [-0.05, 0) is 74.1 Å². The maximum atomic E-state index is 13.6. The number of hydrogen-bond acceptors (Lipinski definition) is 8. The third-order valence-electron chi connectivity index (χ3n) is 8.49. The normalized spacial score (nSPS) is 16.9. The number of carbonyl (C=O) groups is 3. The van der Waals surface area contributed by atoms with E-state index < -0.39 is 0 Å². The average Bonchev–Trinajstić information content (AvgIpc) is 3.13. The molecule has 3 amide bonds. The highest BCUT2D eigenvalue weighted by Gasteiger charge is 2.31. The van der Waals surface area contributed by atoms with Crippen molar-refractivity contribution in [3.05, 3.63) is 114 Å². The van der Waals surface area contributed by atoms with Crippen LogP contribution in [0.2, 0.25) is 0 Å². The van der Waals surface area contributed by atoms with Gasteiger partial charge in [-0.1, -0.05) is 31.2 Å². The van der Waals surface area contributed by atoms with Crippen molar-refractivity contribution in [2.75, 3.05) is 43.1 Å². The Bertz CT molecular complexity index is 1730. The van der Waals surface area contributed by atoms with Crippen LogP contribution in [0.5, 0.6) is 5.75 Å². The van der Waals surface area contributed by atoms with Gasteiger partial charge in [-0.3, -0.25) is 24.3 Å². The van der Waals surface area contributed by atoms with Gasteiger partial charge in [0.25, 0.3) is 11.8 Å². The van der Waals surface area contributed by atoms with Gasteiger partial charge in [0.05, 0.1) is 30.4 Å². The molecule has 2 heterocycles. The number of nitrogens with one attached hydrogen (secondary N) is 2. The van der Waals surface area contributed by atoms with Crippen LogP contribution in [-0.4, -0.2) is 76.5 Å². The summed E-state index contributed by atoms with van der Waals surface area (Å²) in [6, 6.07) is 22.8. The van der Waals surface area contributed by atoms with Crippen LogP contribution in [-0.2, 0) is 17.8 Å². The highest BCUT2D eigenvalue weighted by molar-refractivity contribution is 6.06. The predicted molar refractivity (Wildman–Crippen MR) is 186 cm³/mol. The first-order valence-electron chi connectivity index (χ1n) is 16.0. The van der Waals surface area contributed by atoms with Gasteiger partial charge < -0.3 is 31.1 Å². The van der Waals surface area contributed by atoms with Crippen molar-refractivity contribution in [3.63, 3.8) is 0 Å². The quantitative estimate of drug-likeness (QED) is 0.184. The van der Waals surface area contributed by atoms with E-state index in [1.165, 1.54) is 0 Å². The van der Waals surface area contributed by atoms with Crippen LogP contribution < -0.4 is 21.1 Å². The van der Waals surface area contributed by atoms with Crippen molar-refractivity contribution in [3.8, 4) is 5.75 Å². The van der Waals surface area contributed by atoms with Gasteiger partial charge in [0.1, 0.15) is 11.9 Å². The number of aliphatic hydroxyl groups is 1. The molecule has 0 fully saturated rings. The lowest BCUT2D eigenvalue weighted by molar-refractivity contribution is -0.134. The van der Waals surface area contributed by atoms with E-state index >= 15 is 0 Å². The number of amides is 3. The van der Waals surface area contributed by atoms with E-state index in [4.69, 9.17) is 10.5 Å². The lowest BCUT2D eigenvalue weighted by Gasteiger charge is -2.34. The highest BCUT2D eigenvalue weighted by Crippen LogP contribution is 2.30. The Morgan fingerprint density at radius 1 is 1.02 bits per heavy atom. The lowest BCUT2D eigenvalue weighted by atomic mass is 10.0. The number of likely N-dealkylation sites (N-methyl/N-ethyl adjacent to an activating group) is 1. The van der Waals surface area contributed by atoms with Gasteiger partial charge >= 0.3 is 0 Å². The Labute approximate surface area is 280 Å². The second kappa shape index (κ2) is 15.6. The van der Waals surface area contributed by atoms with E-state index in [9.17, 15) is 19.5 Å². The molecule has 4 aromatic rings. The van der Waals surface area contributed by atoms with Crippen LogP contribution in [0.1, 0.15) is 45.7 Å². The van der Waals surface area contributed by atoms with Crippen LogP contribution in [0.4, 0.5) is 17.1 Å². The molecule has 0 spiro atoms. The van der Waals surface area contributed by atoms with Gasteiger partial charge in [0.2, 0.25) is 5.91 Å². The van der Waals surface area contributed by atoms with Gasteiger partial charge in [-0.2, -0.15) is 0 Å². The minimum atomic E-state index is -0.372. The van der Waals surface area contributed by atoms with E-state index in [-0.39, 0.29) is 48.8 Å². The number of fused-ring (bicyclic) bond motifs is 1. The largest absolute Gasteiger partial charge is 0.488 e. The summed E-state index contributed by atoms with van der Waals surface area (Å²) < 4.78 is 6.64. The first-order chi connectivity index (χ1) is 23.1. The van der Waals surface area contributed by atoms with Crippen molar-refractivity contribution in [2.45, 2.75) is 39.0 Å². The molecule has 5 N–H and O–H groups in total. The molecular formula is C37H42N6O5. The summed E-state index contributed by atoms with van der Waals surface area (Å²) in [5, 5.41) is 15.7. The molecule has 1 aliphatic heterocycles. The second-order valence-corrected chi connectivity index (χ2v) is 12.3. The smallest absolute Gasteiger partial charge is 0.255 e. The fourth-order valence-electron chi connectivity index (χ4n) is 5.68. The SMILES string of the molecule is C[C@H]1CN([C@@H](C)CO)C(=O)Cc2cc(NC(=O)c3ccncc3)ccc2O[C@H]1CN(C)Cc1ccc(C(=O)Nc2ccccc2N)cc1.